The number of aromatic nitrogens is 2. The van der Waals surface area contributed by atoms with Crippen LogP contribution in [0.4, 0.5) is 26.3 Å². The van der Waals surface area contributed by atoms with Crippen molar-refractivity contribution in [3.05, 3.63) is 34.1 Å². The minimum atomic E-state index is -4.67. The summed E-state index contributed by atoms with van der Waals surface area (Å²) >= 11 is 5.65. The molecule has 2 aromatic heterocycles. The van der Waals surface area contributed by atoms with Crippen LogP contribution >= 0.6 is 22.9 Å². The molecule has 0 fully saturated rings. The van der Waals surface area contributed by atoms with Crippen LogP contribution < -0.4 is 0 Å². The Bertz CT molecular complexity index is 633. The van der Waals surface area contributed by atoms with Crippen molar-refractivity contribution in [2.45, 2.75) is 12.4 Å². The summed E-state index contributed by atoms with van der Waals surface area (Å²) in [4.78, 5) is 6.55. The van der Waals surface area contributed by atoms with Gasteiger partial charge in [-0.2, -0.15) is 26.3 Å². The largest absolute Gasteiger partial charge is 0.443 e. The third-order valence-corrected chi connectivity index (χ3v) is 3.38. The molecule has 2 nitrogen and oxygen atoms in total. The maximum Gasteiger partial charge on any atom is 0.443 e. The molecule has 0 aromatic carbocycles. The fourth-order valence-electron chi connectivity index (χ4n) is 1.31. The molecule has 0 unspecified atom stereocenters. The minimum Gasteiger partial charge on any atom is -0.240 e. The molecular formula is C10H3ClF6N2S. The monoisotopic (exact) mass is 332 g/mol. The second kappa shape index (κ2) is 4.88. The molecule has 20 heavy (non-hydrogen) atoms. The van der Waals surface area contributed by atoms with Gasteiger partial charge in [-0.05, 0) is 12.1 Å². The van der Waals surface area contributed by atoms with Crippen molar-refractivity contribution in [2.75, 3.05) is 0 Å². The highest BCUT2D eigenvalue weighted by Crippen LogP contribution is 2.38. The molecule has 0 amide bonds. The summed E-state index contributed by atoms with van der Waals surface area (Å²) in [6.45, 7) is 0. The Kier molecular flexibility index (Phi) is 3.67. The van der Waals surface area contributed by atoms with Gasteiger partial charge in [0.2, 0.25) is 0 Å². The van der Waals surface area contributed by atoms with Gasteiger partial charge in [-0.1, -0.05) is 11.6 Å². The summed E-state index contributed by atoms with van der Waals surface area (Å²) in [7, 11) is 0. The van der Waals surface area contributed by atoms with Crippen molar-refractivity contribution in [1.29, 1.82) is 0 Å². The summed E-state index contributed by atoms with van der Waals surface area (Å²) in [6, 6.07) is 1.22. The summed E-state index contributed by atoms with van der Waals surface area (Å²) in [5.74, 6) is 0. The van der Waals surface area contributed by atoms with E-state index in [4.69, 9.17) is 11.6 Å². The van der Waals surface area contributed by atoms with E-state index < -0.39 is 28.1 Å². The van der Waals surface area contributed by atoms with Crippen LogP contribution in [0, 0.1) is 0 Å². The lowest BCUT2D eigenvalue weighted by atomic mass is 10.2. The summed E-state index contributed by atoms with van der Waals surface area (Å²) in [5, 5.41) is -1.63. The van der Waals surface area contributed by atoms with E-state index in [0.717, 1.165) is 6.20 Å². The SMILES string of the molecule is FC(F)(F)c1cc(Cl)nc(-c2cnc(C(F)(F)F)s2)c1. The van der Waals surface area contributed by atoms with Gasteiger partial charge < -0.3 is 0 Å². The molecule has 0 saturated heterocycles. The third-order valence-electron chi connectivity index (χ3n) is 2.12. The van der Waals surface area contributed by atoms with Gasteiger partial charge in [0.25, 0.3) is 0 Å². The standard InChI is InChI=1S/C10H3ClF6N2S/c11-7-2-4(9(12,13)14)1-5(19-7)6-3-18-8(20-6)10(15,16)17/h1-3H. The molecule has 0 spiro atoms. The van der Waals surface area contributed by atoms with Crippen molar-refractivity contribution in [1.82, 2.24) is 9.97 Å². The predicted octanol–water partition coefficient (Wildman–Crippen LogP) is 4.90. The van der Waals surface area contributed by atoms with E-state index in [-0.39, 0.29) is 21.9 Å². The van der Waals surface area contributed by atoms with Gasteiger partial charge in [-0.25, -0.2) is 9.97 Å². The van der Waals surface area contributed by atoms with E-state index in [9.17, 15) is 26.3 Å². The van der Waals surface area contributed by atoms with Crippen molar-refractivity contribution >= 4 is 22.9 Å². The van der Waals surface area contributed by atoms with E-state index in [1.54, 1.807) is 0 Å². The molecule has 0 saturated carbocycles. The smallest absolute Gasteiger partial charge is 0.240 e. The predicted molar refractivity (Wildman–Crippen MR) is 60.4 cm³/mol. The van der Waals surface area contributed by atoms with Crippen molar-refractivity contribution in [3.8, 4) is 10.6 Å². The topological polar surface area (TPSA) is 25.8 Å². The fraction of sp³-hybridized carbons (Fsp3) is 0.200. The van der Waals surface area contributed by atoms with Crippen LogP contribution in [0.2, 0.25) is 5.15 Å². The Labute approximate surface area is 117 Å². The second-order valence-corrected chi connectivity index (χ2v) is 5.01. The fourth-order valence-corrected chi connectivity index (χ4v) is 2.26. The Balaban J connectivity index is 2.48. The number of rotatable bonds is 1. The summed E-state index contributed by atoms with van der Waals surface area (Å²) < 4.78 is 74.9. The van der Waals surface area contributed by atoms with Gasteiger partial charge in [0.05, 0.1) is 16.1 Å². The van der Waals surface area contributed by atoms with E-state index in [1.165, 1.54) is 0 Å². The first kappa shape index (κ1) is 15.0. The number of hydrogen-bond acceptors (Lipinski definition) is 3. The zero-order valence-electron chi connectivity index (χ0n) is 9.18. The van der Waals surface area contributed by atoms with E-state index in [2.05, 4.69) is 9.97 Å². The lowest BCUT2D eigenvalue weighted by Crippen LogP contribution is -2.05. The van der Waals surface area contributed by atoms with Crippen molar-refractivity contribution in [3.63, 3.8) is 0 Å². The molecular weight excluding hydrogens is 330 g/mol. The quantitative estimate of drug-likeness (QED) is 0.548. The van der Waals surface area contributed by atoms with Crippen LogP contribution in [-0.4, -0.2) is 9.97 Å². The van der Waals surface area contributed by atoms with Crippen LogP contribution in [0.25, 0.3) is 10.6 Å². The first-order valence-electron chi connectivity index (χ1n) is 4.85. The number of alkyl halides is 6. The van der Waals surface area contributed by atoms with Gasteiger partial charge in [0.1, 0.15) is 5.15 Å². The van der Waals surface area contributed by atoms with Crippen molar-refractivity contribution in [2.24, 2.45) is 0 Å². The van der Waals surface area contributed by atoms with E-state index >= 15 is 0 Å². The number of nitrogens with zero attached hydrogens (tertiary/aromatic N) is 2. The van der Waals surface area contributed by atoms with Crippen LogP contribution in [0.15, 0.2) is 18.3 Å². The Morgan fingerprint density at radius 2 is 1.65 bits per heavy atom. The average molecular weight is 333 g/mol. The molecule has 0 aliphatic heterocycles. The molecule has 0 N–H and O–H groups in total. The maximum absolute atomic E-state index is 12.6. The molecule has 2 heterocycles. The van der Waals surface area contributed by atoms with Gasteiger partial charge in [0, 0.05) is 6.20 Å². The first-order valence-corrected chi connectivity index (χ1v) is 6.05. The molecule has 0 atom stereocenters. The molecule has 2 rings (SSSR count). The average Bonchev–Trinajstić information content (AvgIpc) is 2.75. The minimum absolute atomic E-state index is 0.148. The number of thiazole rings is 1. The second-order valence-electron chi connectivity index (χ2n) is 3.59. The van der Waals surface area contributed by atoms with Crippen LogP contribution in [0.3, 0.4) is 0 Å². The van der Waals surface area contributed by atoms with Crippen LogP contribution in [-0.2, 0) is 12.4 Å². The molecule has 108 valence electrons. The van der Waals surface area contributed by atoms with Gasteiger partial charge >= 0.3 is 12.4 Å². The molecule has 0 radical (unpaired) electrons. The molecule has 0 bridgehead atoms. The lowest BCUT2D eigenvalue weighted by molar-refractivity contribution is -0.138. The highest BCUT2D eigenvalue weighted by atomic mass is 35.5. The zero-order valence-corrected chi connectivity index (χ0v) is 10.8. The maximum atomic E-state index is 12.6. The summed E-state index contributed by atoms with van der Waals surface area (Å²) in [5.41, 5.74) is -1.40. The van der Waals surface area contributed by atoms with E-state index in [1.807, 2.05) is 0 Å². The highest BCUT2D eigenvalue weighted by Gasteiger charge is 2.35. The Morgan fingerprint density at radius 3 is 2.15 bits per heavy atom. The third kappa shape index (κ3) is 3.21. The lowest BCUT2D eigenvalue weighted by Gasteiger charge is -2.08. The number of pyridine rings is 1. The van der Waals surface area contributed by atoms with Gasteiger partial charge in [0.15, 0.2) is 5.01 Å². The van der Waals surface area contributed by atoms with Gasteiger partial charge in [-0.15, -0.1) is 11.3 Å². The highest BCUT2D eigenvalue weighted by molar-refractivity contribution is 7.15. The normalized spacial score (nSPS) is 12.8. The molecule has 2 aromatic rings. The zero-order chi connectivity index (χ0) is 15.1. The molecule has 0 aliphatic carbocycles. The number of hydrogen-bond donors (Lipinski definition) is 0. The Hall–Kier alpha value is -1.35. The van der Waals surface area contributed by atoms with E-state index in [0.29, 0.717) is 12.1 Å². The first-order chi connectivity index (χ1) is 9.07. The molecule has 0 aliphatic rings. The van der Waals surface area contributed by atoms with Crippen LogP contribution in [0.5, 0.6) is 0 Å². The summed E-state index contributed by atoms with van der Waals surface area (Å²) in [6.07, 6.45) is -8.51. The molecule has 10 heteroatoms. The van der Waals surface area contributed by atoms with Gasteiger partial charge in [-0.3, -0.25) is 0 Å². The van der Waals surface area contributed by atoms with Crippen LogP contribution in [0.1, 0.15) is 10.6 Å². The van der Waals surface area contributed by atoms with Crippen molar-refractivity contribution < 1.29 is 26.3 Å². The number of halogens is 7. The Morgan fingerprint density at radius 1 is 1.00 bits per heavy atom.